The van der Waals surface area contributed by atoms with Crippen LogP contribution in [0.1, 0.15) is 27.7 Å². The predicted octanol–water partition coefficient (Wildman–Crippen LogP) is 2.03. The molecule has 0 aromatic carbocycles. The van der Waals surface area contributed by atoms with Crippen LogP contribution in [0.4, 0.5) is 13.2 Å². The molecule has 5 heteroatoms. The number of aliphatic hydroxyl groups excluding tert-OH is 1. The van der Waals surface area contributed by atoms with Crippen molar-refractivity contribution in [2.45, 2.75) is 52.0 Å². The summed E-state index contributed by atoms with van der Waals surface area (Å²) in [6.45, 7) is 5.87. The van der Waals surface area contributed by atoms with E-state index in [0.29, 0.717) is 0 Å². The van der Waals surface area contributed by atoms with Gasteiger partial charge in [-0.3, -0.25) is 4.90 Å². The Balaban J connectivity index is 4.77. The van der Waals surface area contributed by atoms with Crippen LogP contribution in [0.15, 0.2) is 0 Å². The summed E-state index contributed by atoms with van der Waals surface area (Å²) >= 11 is 0. The average Bonchev–Trinajstić information content (AvgIpc) is 1.95. The molecular formula is C9H18F3NO. The molecule has 0 saturated carbocycles. The summed E-state index contributed by atoms with van der Waals surface area (Å²) in [4.78, 5) is 1.26. The summed E-state index contributed by atoms with van der Waals surface area (Å²) in [6, 6.07) is -2.25. The van der Waals surface area contributed by atoms with Gasteiger partial charge in [-0.1, -0.05) is 0 Å². The first-order valence-electron chi connectivity index (χ1n) is 4.66. The molecule has 1 unspecified atom stereocenters. The first kappa shape index (κ1) is 13.7. The van der Waals surface area contributed by atoms with Crippen LogP contribution in [0.25, 0.3) is 0 Å². The van der Waals surface area contributed by atoms with Crippen molar-refractivity contribution < 1.29 is 18.3 Å². The van der Waals surface area contributed by atoms with Crippen LogP contribution in [0.3, 0.4) is 0 Å². The molecule has 0 spiro atoms. The summed E-state index contributed by atoms with van der Waals surface area (Å²) in [7, 11) is 0. The van der Waals surface area contributed by atoms with Crippen LogP contribution in [-0.2, 0) is 0 Å². The van der Waals surface area contributed by atoms with E-state index in [1.54, 1.807) is 27.7 Å². The number of hydrogen-bond donors (Lipinski definition) is 1. The third kappa shape index (κ3) is 3.46. The van der Waals surface area contributed by atoms with Crippen molar-refractivity contribution in [2.75, 3.05) is 6.61 Å². The van der Waals surface area contributed by atoms with Crippen molar-refractivity contribution in [3.8, 4) is 0 Å². The molecule has 0 heterocycles. The maximum Gasteiger partial charge on any atom is 0.406 e. The Morgan fingerprint density at radius 3 is 1.50 bits per heavy atom. The van der Waals surface area contributed by atoms with Crippen LogP contribution in [0.5, 0.6) is 0 Å². The van der Waals surface area contributed by atoms with Gasteiger partial charge in [-0.2, -0.15) is 13.2 Å². The highest BCUT2D eigenvalue weighted by Gasteiger charge is 2.44. The van der Waals surface area contributed by atoms with Gasteiger partial charge in [0.25, 0.3) is 0 Å². The summed E-state index contributed by atoms with van der Waals surface area (Å²) < 4.78 is 37.5. The fraction of sp³-hybridized carbons (Fsp3) is 1.00. The second-order valence-electron chi connectivity index (χ2n) is 3.87. The first-order valence-corrected chi connectivity index (χ1v) is 4.66. The second kappa shape index (κ2) is 4.98. The Labute approximate surface area is 82.7 Å². The Hall–Kier alpha value is -0.290. The molecule has 0 aliphatic carbocycles. The molecule has 0 aromatic rings. The summed E-state index contributed by atoms with van der Waals surface area (Å²) in [5, 5.41) is 8.77. The van der Waals surface area contributed by atoms with E-state index in [0.717, 1.165) is 0 Å². The van der Waals surface area contributed by atoms with E-state index in [4.69, 9.17) is 5.11 Å². The number of nitrogens with zero attached hydrogens (tertiary/aromatic N) is 1. The van der Waals surface area contributed by atoms with Gasteiger partial charge in [0.15, 0.2) is 0 Å². The highest BCUT2D eigenvalue weighted by molar-refractivity contribution is 4.82. The maximum atomic E-state index is 12.5. The van der Waals surface area contributed by atoms with Gasteiger partial charge in [-0.05, 0) is 27.7 Å². The van der Waals surface area contributed by atoms with Crippen molar-refractivity contribution in [1.29, 1.82) is 0 Å². The van der Waals surface area contributed by atoms with Gasteiger partial charge >= 0.3 is 6.18 Å². The fourth-order valence-corrected chi connectivity index (χ4v) is 1.68. The summed E-state index contributed by atoms with van der Waals surface area (Å²) in [5.74, 6) is 0. The van der Waals surface area contributed by atoms with Crippen molar-refractivity contribution in [2.24, 2.45) is 0 Å². The quantitative estimate of drug-likeness (QED) is 0.772. The van der Waals surface area contributed by atoms with Gasteiger partial charge in [0.2, 0.25) is 0 Å². The molecule has 0 saturated heterocycles. The topological polar surface area (TPSA) is 23.5 Å². The maximum absolute atomic E-state index is 12.5. The Morgan fingerprint density at radius 1 is 1.07 bits per heavy atom. The molecule has 0 aliphatic heterocycles. The molecule has 0 aliphatic rings. The SMILES string of the molecule is CC(C)N(C(C)C)C(CO)C(F)(F)F. The van der Waals surface area contributed by atoms with Crippen LogP contribution in [-0.4, -0.2) is 40.9 Å². The summed E-state index contributed by atoms with van der Waals surface area (Å²) in [5.41, 5.74) is 0. The van der Waals surface area contributed by atoms with Crippen LogP contribution in [0.2, 0.25) is 0 Å². The van der Waals surface area contributed by atoms with Crippen molar-refractivity contribution in [3.05, 3.63) is 0 Å². The smallest absolute Gasteiger partial charge is 0.394 e. The third-order valence-electron chi connectivity index (χ3n) is 2.10. The minimum atomic E-state index is -4.37. The van der Waals surface area contributed by atoms with Crippen molar-refractivity contribution in [1.82, 2.24) is 4.90 Å². The van der Waals surface area contributed by atoms with Gasteiger partial charge in [0, 0.05) is 12.1 Å². The molecule has 0 bridgehead atoms. The zero-order valence-corrected chi connectivity index (χ0v) is 8.97. The van der Waals surface area contributed by atoms with Gasteiger partial charge in [-0.15, -0.1) is 0 Å². The van der Waals surface area contributed by atoms with Gasteiger partial charge < -0.3 is 5.11 Å². The molecular weight excluding hydrogens is 195 g/mol. The summed E-state index contributed by atoms with van der Waals surface area (Å²) in [6.07, 6.45) is -4.37. The van der Waals surface area contributed by atoms with E-state index in [1.807, 2.05) is 0 Å². The zero-order chi connectivity index (χ0) is 11.5. The van der Waals surface area contributed by atoms with Gasteiger partial charge in [0.05, 0.1) is 6.61 Å². The zero-order valence-electron chi connectivity index (χ0n) is 8.97. The molecule has 86 valence electrons. The number of alkyl halides is 3. The van der Waals surface area contributed by atoms with E-state index >= 15 is 0 Å². The second-order valence-corrected chi connectivity index (χ2v) is 3.87. The molecule has 0 radical (unpaired) electrons. The normalized spacial score (nSPS) is 15.6. The fourth-order valence-electron chi connectivity index (χ4n) is 1.68. The number of rotatable bonds is 4. The molecule has 14 heavy (non-hydrogen) atoms. The molecule has 0 amide bonds. The van der Waals surface area contributed by atoms with Crippen molar-refractivity contribution >= 4 is 0 Å². The minimum Gasteiger partial charge on any atom is -0.394 e. The molecule has 0 aromatic heterocycles. The number of hydrogen-bond acceptors (Lipinski definition) is 2. The monoisotopic (exact) mass is 213 g/mol. The van der Waals surface area contributed by atoms with E-state index in [2.05, 4.69) is 0 Å². The Bertz CT molecular complexity index is 160. The first-order chi connectivity index (χ1) is 6.21. The highest BCUT2D eigenvalue weighted by Crippen LogP contribution is 2.27. The third-order valence-corrected chi connectivity index (χ3v) is 2.10. The predicted molar refractivity (Wildman–Crippen MR) is 49.0 cm³/mol. The average molecular weight is 213 g/mol. The van der Waals surface area contributed by atoms with Crippen LogP contribution >= 0.6 is 0 Å². The molecule has 1 atom stereocenters. The van der Waals surface area contributed by atoms with Crippen LogP contribution in [0, 0.1) is 0 Å². The lowest BCUT2D eigenvalue weighted by molar-refractivity contribution is -0.202. The van der Waals surface area contributed by atoms with Gasteiger partial charge in [-0.25, -0.2) is 0 Å². The lowest BCUT2D eigenvalue weighted by Gasteiger charge is -2.38. The molecule has 2 nitrogen and oxygen atoms in total. The van der Waals surface area contributed by atoms with E-state index in [9.17, 15) is 13.2 Å². The van der Waals surface area contributed by atoms with E-state index < -0.39 is 18.8 Å². The Kier molecular flexibility index (Phi) is 4.88. The molecule has 0 rings (SSSR count). The largest absolute Gasteiger partial charge is 0.406 e. The number of halogens is 3. The minimum absolute atomic E-state index is 0.242. The van der Waals surface area contributed by atoms with Crippen molar-refractivity contribution in [3.63, 3.8) is 0 Å². The van der Waals surface area contributed by atoms with Crippen LogP contribution < -0.4 is 0 Å². The lowest BCUT2D eigenvalue weighted by Crippen LogP contribution is -2.54. The van der Waals surface area contributed by atoms with E-state index in [-0.39, 0.29) is 12.1 Å². The highest BCUT2D eigenvalue weighted by atomic mass is 19.4. The number of aliphatic hydroxyl groups is 1. The van der Waals surface area contributed by atoms with Gasteiger partial charge in [0.1, 0.15) is 6.04 Å². The Morgan fingerprint density at radius 2 is 1.43 bits per heavy atom. The van der Waals surface area contributed by atoms with E-state index in [1.165, 1.54) is 4.90 Å². The molecule has 0 fully saturated rings. The lowest BCUT2D eigenvalue weighted by atomic mass is 10.1. The molecule has 1 N–H and O–H groups in total. The standard InChI is InChI=1S/C9H18F3NO/c1-6(2)13(7(3)4)8(5-14)9(10,11)12/h6-8,14H,5H2,1-4H3.